The van der Waals surface area contributed by atoms with E-state index < -0.39 is 0 Å². The van der Waals surface area contributed by atoms with Gasteiger partial charge in [0.1, 0.15) is 0 Å². The highest BCUT2D eigenvalue weighted by Gasteiger charge is 2.17. The van der Waals surface area contributed by atoms with Crippen molar-refractivity contribution in [1.82, 2.24) is 15.0 Å². The minimum atomic E-state index is -0.323. The Bertz CT molecular complexity index is 994. The Hall–Kier alpha value is -3.35. The lowest BCUT2D eigenvalue weighted by Crippen LogP contribution is -2.14. The van der Waals surface area contributed by atoms with Crippen molar-refractivity contribution in [1.29, 1.82) is 0 Å². The monoisotopic (exact) mass is 394 g/mol. The Kier molecular flexibility index (Phi) is 6.16. The van der Waals surface area contributed by atoms with E-state index in [2.05, 4.69) is 53.7 Å². The van der Waals surface area contributed by atoms with Crippen LogP contribution in [-0.4, -0.2) is 35.1 Å². The van der Waals surface area contributed by atoms with Crippen molar-refractivity contribution in [2.45, 2.75) is 33.2 Å². The number of methoxy groups -OCH3 is 2. The number of benzene rings is 2. The Labute approximate surface area is 170 Å². The molecule has 0 saturated heterocycles. The fourth-order valence-electron chi connectivity index (χ4n) is 3.01. The minimum Gasteiger partial charge on any atom is -0.493 e. The summed E-state index contributed by atoms with van der Waals surface area (Å²) in [6.07, 6.45) is 0. The number of hydrogen-bond donors (Lipinski definition) is 1. The maximum Gasteiger partial charge on any atom is 0.278 e. The van der Waals surface area contributed by atoms with Crippen molar-refractivity contribution >= 4 is 11.6 Å². The molecule has 7 nitrogen and oxygen atoms in total. The second kappa shape index (κ2) is 8.77. The van der Waals surface area contributed by atoms with Gasteiger partial charge in [-0.1, -0.05) is 43.3 Å². The zero-order valence-corrected chi connectivity index (χ0v) is 17.4. The molecule has 1 aromatic heterocycles. The molecule has 1 amide bonds. The molecule has 0 spiro atoms. The Balaban J connectivity index is 1.73. The lowest BCUT2D eigenvalue weighted by atomic mass is 10.0. The largest absolute Gasteiger partial charge is 0.493 e. The summed E-state index contributed by atoms with van der Waals surface area (Å²) in [5.74, 6) is 1.30. The molecule has 3 rings (SSSR count). The maximum absolute atomic E-state index is 12.7. The van der Waals surface area contributed by atoms with E-state index in [0.717, 1.165) is 5.56 Å². The van der Waals surface area contributed by atoms with E-state index in [1.165, 1.54) is 5.56 Å². The fourth-order valence-corrected chi connectivity index (χ4v) is 3.01. The zero-order chi connectivity index (χ0) is 21.0. The van der Waals surface area contributed by atoms with E-state index >= 15 is 0 Å². The number of nitrogens with zero attached hydrogens (tertiary/aromatic N) is 3. The van der Waals surface area contributed by atoms with Gasteiger partial charge in [-0.2, -0.15) is 0 Å². The molecule has 1 N–H and O–H groups in total. The van der Waals surface area contributed by atoms with E-state index in [1.807, 2.05) is 6.92 Å². The molecule has 3 aromatic rings. The number of ether oxygens (including phenoxy) is 2. The average molecular weight is 394 g/mol. The van der Waals surface area contributed by atoms with Gasteiger partial charge in [0.2, 0.25) is 0 Å². The fraction of sp³-hybridized carbons (Fsp3) is 0.318. The quantitative estimate of drug-likeness (QED) is 0.655. The molecule has 0 atom stereocenters. The lowest BCUT2D eigenvalue weighted by Gasteiger charge is -2.10. The van der Waals surface area contributed by atoms with Gasteiger partial charge in [-0.25, -0.2) is 4.68 Å². The third kappa shape index (κ3) is 4.56. The number of carbonyl (C=O) groups excluding carboxylic acids is 1. The Morgan fingerprint density at radius 3 is 2.38 bits per heavy atom. The number of rotatable bonds is 7. The van der Waals surface area contributed by atoms with Crippen molar-refractivity contribution in [2.75, 3.05) is 19.5 Å². The molecule has 0 aliphatic heterocycles. The highest BCUT2D eigenvalue weighted by molar-refractivity contribution is 6.03. The molecule has 29 heavy (non-hydrogen) atoms. The predicted molar refractivity (Wildman–Crippen MR) is 112 cm³/mol. The zero-order valence-electron chi connectivity index (χ0n) is 17.4. The first kappa shape index (κ1) is 20.4. The van der Waals surface area contributed by atoms with E-state index in [4.69, 9.17) is 9.47 Å². The van der Waals surface area contributed by atoms with Crippen molar-refractivity contribution in [3.05, 3.63) is 65.0 Å². The lowest BCUT2D eigenvalue weighted by molar-refractivity contribution is 0.102. The van der Waals surface area contributed by atoms with Gasteiger partial charge >= 0.3 is 0 Å². The van der Waals surface area contributed by atoms with Crippen LogP contribution in [-0.2, 0) is 6.54 Å². The molecular formula is C22H26N4O3. The van der Waals surface area contributed by atoms with Gasteiger partial charge in [0.15, 0.2) is 17.2 Å². The number of nitrogens with one attached hydrogen (secondary N) is 1. The molecule has 0 fully saturated rings. The van der Waals surface area contributed by atoms with Gasteiger partial charge in [-0.05, 0) is 36.1 Å². The normalized spacial score (nSPS) is 10.8. The summed E-state index contributed by atoms with van der Waals surface area (Å²) in [5.41, 5.74) is 3.98. The summed E-state index contributed by atoms with van der Waals surface area (Å²) in [6.45, 7) is 6.73. The number of anilines is 1. The summed E-state index contributed by atoms with van der Waals surface area (Å²) >= 11 is 0. The van der Waals surface area contributed by atoms with Crippen LogP contribution >= 0.6 is 0 Å². The molecule has 1 heterocycles. The third-order valence-electron chi connectivity index (χ3n) is 4.82. The summed E-state index contributed by atoms with van der Waals surface area (Å²) in [7, 11) is 3.11. The van der Waals surface area contributed by atoms with Crippen LogP contribution in [0.25, 0.3) is 0 Å². The summed E-state index contributed by atoms with van der Waals surface area (Å²) in [4.78, 5) is 12.7. The van der Waals surface area contributed by atoms with Gasteiger partial charge in [0, 0.05) is 11.8 Å². The molecule has 0 aliphatic carbocycles. The minimum absolute atomic E-state index is 0.290. The predicted octanol–water partition coefficient (Wildman–Crippen LogP) is 4.03. The number of carbonyl (C=O) groups is 1. The second-order valence-electron chi connectivity index (χ2n) is 7.10. The standard InChI is InChI=1S/C22H26N4O3/c1-14(2)17-8-6-16(7-9-17)13-26-15(3)21(24-25-26)22(27)23-18-10-11-19(28-4)20(12-18)29-5/h6-12,14H,13H2,1-5H3,(H,23,27). The van der Waals surface area contributed by atoms with Crippen LogP contribution in [0.3, 0.4) is 0 Å². The van der Waals surface area contributed by atoms with E-state index in [1.54, 1.807) is 37.1 Å². The van der Waals surface area contributed by atoms with Gasteiger partial charge in [-0.15, -0.1) is 5.10 Å². The van der Waals surface area contributed by atoms with Crippen LogP contribution in [0.5, 0.6) is 11.5 Å². The first-order valence-electron chi connectivity index (χ1n) is 9.45. The van der Waals surface area contributed by atoms with Gasteiger partial charge in [0.05, 0.1) is 26.5 Å². The summed E-state index contributed by atoms with van der Waals surface area (Å²) < 4.78 is 12.2. The Morgan fingerprint density at radius 2 is 1.76 bits per heavy atom. The molecule has 0 saturated carbocycles. The van der Waals surface area contributed by atoms with Gasteiger partial charge in [-0.3, -0.25) is 4.79 Å². The summed E-state index contributed by atoms with van der Waals surface area (Å²) in [6, 6.07) is 13.6. The second-order valence-corrected chi connectivity index (χ2v) is 7.10. The number of aromatic nitrogens is 3. The molecular weight excluding hydrogens is 368 g/mol. The van der Waals surface area contributed by atoms with E-state index in [-0.39, 0.29) is 5.91 Å². The smallest absolute Gasteiger partial charge is 0.278 e. The van der Waals surface area contributed by atoms with Crippen molar-refractivity contribution in [3.8, 4) is 11.5 Å². The van der Waals surface area contributed by atoms with Crippen LogP contribution < -0.4 is 14.8 Å². The molecule has 0 aliphatic rings. The van der Waals surface area contributed by atoms with Crippen molar-refractivity contribution < 1.29 is 14.3 Å². The van der Waals surface area contributed by atoms with Crippen LogP contribution in [0.2, 0.25) is 0 Å². The number of hydrogen-bond acceptors (Lipinski definition) is 5. The topological polar surface area (TPSA) is 78.3 Å². The van der Waals surface area contributed by atoms with E-state index in [9.17, 15) is 4.79 Å². The van der Waals surface area contributed by atoms with Crippen LogP contribution in [0.1, 0.15) is 47.1 Å². The van der Waals surface area contributed by atoms with Crippen LogP contribution in [0.15, 0.2) is 42.5 Å². The molecule has 7 heteroatoms. The number of amides is 1. The molecule has 152 valence electrons. The SMILES string of the molecule is COc1ccc(NC(=O)c2nnn(Cc3ccc(C(C)C)cc3)c2C)cc1OC. The van der Waals surface area contributed by atoms with Crippen LogP contribution in [0, 0.1) is 6.92 Å². The first-order valence-corrected chi connectivity index (χ1v) is 9.45. The highest BCUT2D eigenvalue weighted by Crippen LogP contribution is 2.30. The van der Waals surface area contributed by atoms with Gasteiger partial charge in [0.25, 0.3) is 5.91 Å². The average Bonchev–Trinajstić information content (AvgIpc) is 3.08. The third-order valence-corrected chi connectivity index (χ3v) is 4.82. The molecule has 2 aromatic carbocycles. The highest BCUT2D eigenvalue weighted by atomic mass is 16.5. The van der Waals surface area contributed by atoms with Crippen LogP contribution in [0.4, 0.5) is 5.69 Å². The van der Waals surface area contributed by atoms with Crippen molar-refractivity contribution in [2.24, 2.45) is 0 Å². The van der Waals surface area contributed by atoms with E-state index in [0.29, 0.717) is 41.0 Å². The summed E-state index contributed by atoms with van der Waals surface area (Å²) in [5, 5.41) is 11.1. The van der Waals surface area contributed by atoms with Gasteiger partial charge < -0.3 is 14.8 Å². The van der Waals surface area contributed by atoms with Crippen molar-refractivity contribution in [3.63, 3.8) is 0 Å². The molecule has 0 unspecified atom stereocenters. The molecule has 0 radical (unpaired) electrons. The molecule has 0 bridgehead atoms. The maximum atomic E-state index is 12.7. The Morgan fingerprint density at radius 1 is 1.07 bits per heavy atom. The first-order chi connectivity index (χ1) is 13.9.